The van der Waals surface area contributed by atoms with Crippen molar-refractivity contribution in [2.75, 3.05) is 5.75 Å². The van der Waals surface area contributed by atoms with Gasteiger partial charge in [-0.3, -0.25) is 4.79 Å². The van der Waals surface area contributed by atoms with Gasteiger partial charge in [0.1, 0.15) is 6.04 Å². The minimum Gasteiger partial charge on any atom is -0.480 e. The minimum atomic E-state index is -0.889. The molecule has 3 N–H and O–H groups in total. The Morgan fingerprint density at radius 2 is 1.60 bits per heavy atom. The van der Waals surface area contributed by atoms with E-state index in [1.165, 1.54) is 57.8 Å². The summed E-state index contributed by atoms with van der Waals surface area (Å²) in [7, 11) is 0. The Balaban J connectivity index is 4.24. The zero-order valence-electron chi connectivity index (χ0n) is 13.5. The van der Waals surface area contributed by atoms with Crippen molar-refractivity contribution >= 4 is 17.7 Å². The van der Waals surface area contributed by atoms with E-state index in [2.05, 4.69) is 20.8 Å². The summed E-state index contributed by atoms with van der Waals surface area (Å²) in [5, 5.41) is 8.90. The van der Waals surface area contributed by atoms with Gasteiger partial charge in [0.2, 0.25) is 0 Å². The van der Waals surface area contributed by atoms with Crippen molar-refractivity contribution in [3.8, 4) is 0 Å². The van der Waals surface area contributed by atoms with Crippen molar-refractivity contribution in [2.24, 2.45) is 5.73 Å². The van der Waals surface area contributed by atoms with E-state index in [0.717, 1.165) is 0 Å². The van der Waals surface area contributed by atoms with E-state index >= 15 is 0 Å². The predicted octanol–water partition coefficient (Wildman–Crippen LogP) is 4.44. The van der Waals surface area contributed by atoms with Crippen LogP contribution in [0.5, 0.6) is 0 Å². The van der Waals surface area contributed by atoms with Crippen LogP contribution in [-0.4, -0.2) is 27.6 Å². The predicted molar refractivity (Wildman–Crippen MR) is 89.4 cm³/mol. The number of hydrogen-bond donors (Lipinski definition) is 2. The van der Waals surface area contributed by atoms with Gasteiger partial charge >= 0.3 is 5.97 Å². The molecule has 0 aliphatic rings. The number of thioether (sulfide) groups is 1. The first-order valence-electron chi connectivity index (χ1n) is 8.07. The number of carbonyl (C=O) groups is 1. The normalized spacial score (nSPS) is 15.8. The molecule has 0 heterocycles. The maximum Gasteiger partial charge on any atom is 0.321 e. The van der Waals surface area contributed by atoms with E-state index in [4.69, 9.17) is 10.8 Å². The van der Waals surface area contributed by atoms with E-state index in [9.17, 15) is 4.79 Å². The molecule has 20 heavy (non-hydrogen) atoms. The van der Waals surface area contributed by atoms with Gasteiger partial charge in [-0.2, -0.15) is 11.8 Å². The van der Waals surface area contributed by atoms with Gasteiger partial charge in [0, 0.05) is 10.5 Å². The van der Waals surface area contributed by atoms with Crippen molar-refractivity contribution < 1.29 is 9.90 Å². The molecule has 4 heteroatoms. The molecule has 120 valence electrons. The fraction of sp³-hybridized carbons (Fsp3) is 0.938. The molecule has 0 fully saturated rings. The Morgan fingerprint density at radius 1 is 1.10 bits per heavy atom. The second kappa shape index (κ2) is 11.4. The van der Waals surface area contributed by atoms with Gasteiger partial charge in [0.25, 0.3) is 0 Å². The van der Waals surface area contributed by atoms with Gasteiger partial charge in [-0.15, -0.1) is 0 Å². The summed E-state index contributed by atoms with van der Waals surface area (Å²) in [5.41, 5.74) is 5.63. The third-order valence-corrected chi connectivity index (χ3v) is 5.43. The van der Waals surface area contributed by atoms with Crippen LogP contribution in [0.4, 0.5) is 0 Å². The van der Waals surface area contributed by atoms with E-state index in [-0.39, 0.29) is 4.75 Å². The molecule has 0 saturated carbocycles. The lowest BCUT2D eigenvalue weighted by atomic mass is 9.95. The maximum atomic E-state index is 10.8. The number of carboxylic acid groups (broad SMARTS) is 1. The smallest absolute Gasteiger partial charge is 0.321 e. The van der Waals surface area contributed by atoms with Crippen molar-refractivity contribution in [1.82, 2.24) is 0 Å². The number of aliphatic carboxylic acids is 1. The summed E-state index contributed by atoms with van der Waals surface area (Å²) < 4.78 is 0.190. The van der Waals surface area contributed by atoms with Crippen LogP contribution >= 0.6 is 11.8 Å². The monoisotopic (exact) mass is 303 g/mol. The summed E-state index contributed by atoms with van der Waals surface area (Å²) >= 11 is 1.76. The number of carboxylic acids is 1. The highest BCUT2D eigenvalue weighted by atomic mass is 32.2. The average molecular weight is 304 g/mol. The SMILES string of the molecule is CCCCCCC(C)(CCCCC)SCC(N)C(=O)O. The molecule has 2 unspecified atom stereocenters. The molecular formula is C16H33NO2S. The molecule has 0 bridgehead atoms. The van der Waals surface area contributed by atoms with E-state index < -0.39 is 12.0 Å². The number of unbranched alkanes of at least 4 members (excludes halogenated alkanes) is 5. The van der Waals surface area contributed by atoms with Crippen LogP contribution < -0.4 is 5.73 Å². The Hall–Kier alpha value is -0.220. The van der Waals surface area contributed by atoms with E-state index in [0.29, 0.717) is 5.75 Å². The van der Waals surface area contributed by atoms with Crippen molar-refractivity contribution in [2.45, 2.75) is 89.3 Å². The topological polar surface area (TPSA) is 63.3 Å². The molecule has 0 aromatic heterocycles. The molecule has 0 saturated heterocycles. The fourth-order valence-corrected chi connectivity index (χ4v) is 3.61. The molecule has 2 atom stereocenters. The van der Waals surface area contributed by atoms with Crippen molar-refractivity contribution in [3.63, 3.8) is 0 Å². The lowest BCUT2D eigenvalue weighted by molar-refractivity contribution is -0.137. The largest absolute Gasteiger partial charge is 0.480 e. The zero-order valence-corrected chi connectivity index (χ0v) is 14.3. The lowest BCUT2D eigenvalue weighted by Gasteiger charge is -2.30. The second-order valence-electron chi connectivity index (χ2n) is 5.97. The van der Waals surface area contributed by atoms with Crippen LogP contribution in [0.1, 0.15) is 78.6 Å². The molecular weight excluding hydrogens is 270 g/mol. The molecule has 0 aliphatic carbocycles. The maximum absolute atomic E-state index is 10.8. The molecule has 0 amide bonds. The number of rotatable bonds is 13. The quantitative estimate of drug-likeness (QED) is 0.494. The summed E-state index contributed by atoms with van der Waals surface area (Å²) in [4.78, 5) is 10.8. The van der Waals surface area contributed by atoms with Gasteiger partial charge < -0.3 is 10.8 Å². The molecule has 0 radical (unpaired) electrons. The second-order valence-corrected chi connectivity index (χ2v) is 7.58. The van der Waals surface area contributed by atoms with Crippen LogP contribution in [-0.2, 0) is 4.79 Å². The van der Waals surface area contributed by atoms with Gasteiger partial charge in [-0.1, -0.05) is 65.7 Å². The lowest BCUT2D eigenvalue weighted by Crippen LogP contribution is -2.35. The molecule has 0 aromatic rings. The number of nitrogens with two attached hydrogens (primary N) is 1. The molecule has 0 aliphatic heterocycles. The third-order valence-electron chi connectivity index (χ3n) is 3.80. The highest BCUT2D eigenvalue weighted by Crippen LogP contribution is 2.36. The first kappa shape index (κ1) is 19.8. The van der Waals surface area contributed by atoms with Crippen LogP contribution in [0.3, 0.4) is 0 Å². The molecule has 0 aromatic carbocycles. The van der Waals surface area contributed by atoms with Gasteiger partial charge in [0.15, 0.2) is 0 Å². The van der Waals surface area contributed by atoms with Gasteiger partial charge in [-0.25, -0.2) is 0 Å². The molecule has 3 nitrogen and oxygen atoms in total. The van der Waals surface area contributed by atoms with Crippen molar-refractivity contribution in [1.29, 1.82) is 0 Å². The highest BCUT2D eigenvalue weighted by Gasteiger charge is 2.26. The van der Waals surface area contributed by atoms with Gasteiger partial charge in [-0.05, 0) is 12.8 Å². The Kier molecular flexibility index (Phi) is 11.3. The summed E-state index contributed by atoms with van der Waals surface area (Å²) in [5.74, 6) is -0.370. The van der Waals surface area contributed by atoms with E-state index in [1.807, 2.05) is 0 Å². The van der Waals surface area contributed by atoms with Crippen molar-refractivity contribution in [3.05, 3.63) is 0 Å². The number of hydrogen-bond acceptors (Lipinski definition) is 3. The summed E-state index contributed by atoms with van der Waals surface area (Å²) in [6, 6.07) is -0.735. The van der Waals surface area contributed by atoms with Gasteiger partial charge in [0.05, 0.1) is 0 Å². The highest BCUT2D eigenvalue weighted by molar-refractivity contribution is 8.00. The fourth-order valence-electron chi connectivity index (χ4n) is 2.31. The molecule has 0 spiro atoms. The first-order valence-corrected chi connectivity index (χ1v) is 9.06. The standard InChI is InChI=1S/C16H33NO2S/c1-4-6-8-10-12-16(3,11-9-7-5-2)20-13-14(17)15(18)19/h14H,4-13,17H2,1-3H3,(H,18,19). The van der Waals surface area contributed by atoms with Crippen LogP contribution in [0, 0.1) is 0 Å². The minimum absolute atomic E-state index is 0.190. The van der Waals surface area contributed by atoms with E-state index in [1.54, 1.807) is 11.8 Å². The van der Waals surface area contributed by atoms with Crippen LogP contribution in [0.25, 0.3) is 0 Å². The Bertz CT molecular complexity index is 261. The average Bonchev–Trinajstić information content (AvgIpc) is 2.41. The summed E-state index contributed by atoms with van der Waals surface area (Å²) in [6.45, 7) is 6.72. The first-order chi connectivity index (χ1) is 9.45. The molecule has 0 rings (SSSR count). The van der Waals surface area contributed by atoms with Crippen LogP contribution in [0.15, 0.2) is 0 Å². The zero-order chi connectivity index (χ0) is 15.4. The third kappa shape index (κ3) is 9.65. The van der Waals surface area contributed by atoms with Crippen LogP contribution in [0.2, 0.25) is 0 Å². The summed E-state index contributed by atoms with van der Waals surface area (Å²) in [6.07, 6.45) is 11.1. The Labute approximate surface area is 129 Å². The Morgan fingerprint density at radius 3 is 2.10 bits per heavy atom.